The third-order valence-electron chi connectivity index (χ3n) is 3.63. The number of anilines is 1. The Morgan fingerprint density at radius 1 is 1.15 bits per heavy atom. The fraction of sp³-hybridized carbons (Fsp3) is 0.267. The molecule has 12 heteroatoms. The number of hydrogen-bond donors (Lipinski definition) is 1. The van der Waals surface area contributed by atoms with Gasteiger partial charge in [-0.1, -0.05) is 11.6 Å². The molecule has 27 heavy (non-hydrogen) atoms. The Hall–Kier alpha value is -2.95. The van der Waals surface area contributed by atoms with Gasteiger partial charge in [0.2, 0.25) is 0 Å². The molecule has 0 unspecified atom stereocenters. The van der Waals surface area contributed by atoms with Gasteiger partial charge in [-0.05, 0) is 13.0 Å². The standard InChI is InChI=1S/C15H13ClF3N7O/c1-7-4-9(25(2)23-7)8-5-21-10(6-20-8)22-14(27)12-11(16)13(15(17,18)19)24-26(12)3/h4-6H,1-3H3,(H,21,22,27). The summed E-state index contributed by atoms with van der Waals surface area (Å²) in [5.41, 5.74) is 0.288. The Labute approximate surface area is 156 Å². The monoisotopic (exact) mass is 399 g/mol. The molecule has 0 fully saturated rings. The van der Waals surface area contributed by atoms with Crippen molar-refractivity contribution in [1.82, 2.24) is 29.5 Å². The summed E-state index contributed by atoms with van der Waals surface area (Å²) in [6.07, 6.45) is -2.07. The Bertz CT molecular complexity index is 1010. The summed E-state index contributed by atoms with van der Waals surface area (Å²) in [5, 5.41) is 9.04. The first-order valence-electron chi connectivity index (χ1n) is 7.52. The molecule has 1 amide bonds. The van der Waals surface area contributed by atoms with Crippen LogP contribution in [0.5, 0.6) is 0 Å². The SMILES string of the molecule is Cc1cc(-c2cnc(NC(=O)c3c(Cl)c(C(F)(F)F)nn3C)cn2)n(C)n1. The highest BCUT2D eigenvalue weighted by molar-refractivity contribution is 6.34. The number of nitrogens with zero attached hydrogens (tertiary/aromatic N) is 6. The number of hydrogen-bond acceptors (Lipinski definition) is 5. The minimum Gasteiger partial charge on any atom is -0.304 e. The van der Waals surface area contributed by atoms with E-state index in [1.165, 1.54) is 19.4 Å². The molecule has 3 aromatic heterocycles. The first-order valence-corrected chi connectivity index (χ1v) is 7.90. The predicted octanol–water partition coefficient (Wildman–Crippen LogP) is 2.84. The quantitative estimate of drug-likeness (QED) is 0.731. The van der Waals surface area contributed by atoms with E-state index in [4.69, 9.17) is 11.6 Å². The molecule has 3 rings (SSSR count). The summed E-state index contributed by atoms with van der Waals surface area (Å²) in [5.74, 6) is -0.836. The first-order chi connectivity index (χ1) is 12.6. The number of carbonyl (C=O) groups is 1. The Morgan fingerprint density at radius 3 is 2.33 bits per heavy atom. The van der Waals surface area contributed by atoms with Gasteiger partial charge in [0.1, 0.15) is 16.4 Å². The number of rotatable bonds is 3. The van der Waals surface area contributed by atoms with Gasteiger partial charge in [0.15, 0.2) is 11.5 Å². The van der Waals surface area contributed by atoms with Crippen LogP contribution in [-0.2, 0) is 20.3 Å². The molecule has 0 saturated carbocycles. The molecule has 1 N–H and O–H groups in total. The lowest BCUT2D eigenvalue weighted by Gasteiger charge is -2.06. The smallest absolute Gasteiger partial charge is 0.304 e. The zero-order valence-electron chi connectivity index (χ0n) is 14.3. The van der Waals surface area contributed by atoms with Crippen LogP contribution < -0.4 is 5.32 Å². The summed E-state index contributed by atoms with van der Waals surface area (Å²) < 4.78 is 40.9. The minimum atomic E-state index is -4.77. The fourth-order valence-corrected chi connectivity index (χ4v) is 2.83. The summed E-state index contributed by atoms with van der Waals surface area (Å²) >= 11 is 5.69. The zero-order valence-corrected chi connectivity index (χ0v) is 15.1. The van der Waals surface area contributed by atoms with Gasteiger partial charge in [0.25, 0.3) is 5.91 Å². The molecule has 0 saturated heterocycles. The van der Waals surface area contributed by atoms with Crippen molar-refractivity contribution in [2.45, 2.75) is 13.1 Å². The largest absolute Gasteiger partial charge is 0.436 e. The maximum Gasteiger partial charge on any atom is 0.436 e. The second-order valence-electron chi connectivity index (χ2n) is 5.67. The van der Waals surface area contributed by atoms with Crippen molar-refractivity contribution in [2.75, 3.05) is 5.32 Å². The Balaban J connectivity index is 1.83. The minimum absolute atomic E-state index is 0.0495. The van der Waals surface area contributed by atoms with E-state index in [1.54, 1.807) is 11.7 Å². The second kappa shape index (κ2) is 6.65. The van der Waals surface area contributed by atoms with Gasteiger partial charge >= 0.3 is 6.18 Å². The van der Waals surface area contributed by atoms with Gasteiger partial charge in [-0.2, -0.15) is 23.4 Å². The van der Waals surface area contributed by atoms with Crippen LogP contribution in [0.15, 0.2) is 18.5 Å². The molecule has 0 aliphatic heterocycles. The van der Waals surface area contributed by atoms with Crippen molar-refractivity contribution in [3.8, 4) is 11.4 Å². The number of alkyl halides is 3. The summed E-state index contributed by atoms with van der Waals surface area (Å²) in [6.45, 7) is 1.83. The van der Waals surface area contributed by atoms with Crippen LogP contribution in [0, 0.1) is 6.92 Å². The third-order valence-corrected chi connectivity index (χ3v) is 3.99. The van der Waals surface area contributed by atoms with E-state index in [0.717, 1.165) is 16.1 Å². The van der Waals surface area contributed by atoms with Crippen molar-refractivity contribution >= 4 is 23.3 Å². The average Bonchev–Trinajstić information content (AvgIpc) is 3.06. The van der Waals surface area contributed by atoms with Crippen molar-refractivity contribution in [2.24, 2.45) is 14.1 Å². The normalized spacial score (nSPS) is 11.7. The molecule has 0 atom stereocenters. The van der Waals surface area contributed by atoms with E-state index >= 15 is 0 Å². The molecule has 0 spiro atoms. The maximum absolute atomic E-state index is 12.9. The van der Waals surface area contributed by atoms with Gasteiger partial charge in [-0.25, -0.2) is 9.97 Å². The molecule has 0 aliphatic rings. The van der Waals surface area contributed by atoms with Crippen LogP contribution in [0.4, 0.5) is 19.0 Å². The number of amides is 1. The molecular formula is C15H13ClF3N7O. The third kappa shape index (κ3) is 3.63. The lowest BCUT2D eigenvalue weighted by Crippen LogP contribution is -2.17. The fourth-order valence-electron chi connectivity index (χ4n) is 2.48. The van der Waals surface area contributed by atoms with Crippen LogP contribution in [-0.4, -0.2) is 35.4 Å². The summed E-state index contributed by atoms with van der Waals surface area (Å²) in [7, 11) is 2.94. The highest BCUT2D eigenvalue weighted by Crippen LogP contribution is 2.35. The lowest BCUT2D eigenvalue weighted by molar-refractivity contribution is -0.141. The van der Waals surface area contributed by atoms with Gasteiger partial charge in [0.05, 0.1) is 23.8 Å². The highest BCUT2D eigenvalue weighted by atomic mass is 35.5. The van der Waals surface area contributed by atoms with E-state index in [1.807, 2.05) is 13.0 Å². The van der Waals surface area contributed by atoms with E-state index in [9.17, 15) is 18.0 Å². The van der Waals surface area contributed by atoms with Crippen LogP contribution >= 0.6 is 11.6 Å². The summed E-state index contributed by atoms with van der Waals surface area (Å²) in [6, 6.07) is 1.82. The molecule has 142 valence electrons. The molecule has 0 aliphatic carbocycles. The number of carbonyl (C=O) groups excluding carboxylic acids is 1. The number of nitrogens with one attached hydrogen (secondary N) is 1. The van der Waals surface area contributed by atoms with Crippen LogP contribution in [0.2, 0.25) is 5.02 Å². The molecule has 0 radical (unpaired) electrons. The number of aromatic nitrogens is 6. The van der Waals surface area contributed by atoms with Crippen LogP contribution in [0.3, 0.4) is 0 Å². The average molecular weight is 400 g/mol. The highest BCUT2D eigenvalue weighted by Gasteiger charge is 2.39. The van der Waals surface area contributed by atoms with Crippen molar-refractivity contribution in [3.63, 3.8) is 0 Å². The molecule has 3 heterocycles. The zero-order chi connectivity index (χ0) is 19.9. The maximum atomic E-state index is 12.9. The van der Waals surface area contributed by atoms with Crippen LogP contribution in [0.1, 0.15) is 21.9 Å². The second-order valence-corrected chi connectivity index (χ2v) is 6.05. The van der Waals surface area contributed by atoms with Gasteiger partial charge in [0, 0.05) is 14.1 Å². The molecule has 0 bridgehead atoms. The molecule has 3 aromatic rings. The lowest BCUT2D eigenvalue weighted by atomic mass is 10.3. The van der Waals surface area contributed by atoms with E-state index in [2.05, 4.69) is 25.5 Å². The van der Waals surface area contributed by atoms with Crippen molar-refractivity contribution in [1.29, 1.82) is 0 Å². The molecular weight excluding hydrogens is 387 g/mol. The van der Waals surface area contributed by atoms with Crippen molar-refractivity contribution in [3.05, 3.63) is 40.6 Å². The molecule has 8 nitrogen and oxygen atoms in total. The number of aryl methyl sites for hydroxylation is 3. The van der Waals surface area contributed by atoms with E-state index in [-0.39, 0.29) is 5.82 Å². The van der Waals surface area contributed by atoms with Crippen LogP contribution in [0.25, 0.3) is 11.4 Å². The van der Waals surface area contributed by atoms with Gasteiger partial charge in [-0.15, -0.1) is 0 Å². The van der Waals surface area contributed by atoms with Gasteiger partial charge < -0.3 is 5.32 Å². The number of halogens is 4. The molecule has 0 aromatic carbocycles. The Kier molecular flexibility index (Phi) is 4.64. The van der Waals surface area contributed by atoms with E-state index < -0.39 is 28.5 Å². The first kappa shape index (κ1) is 18.8. The van der Waals surface area contributed by atoms with Gasteiger partial charge in [-0.3, -0.25) is 14.2 Å². The summed E-state index contributed by atoms with van der Waals surface area (Å²) in [4.78, 5) is 20.5. The Morgan fingerprint density at radius 2 is 1.85 bits per heavy atom. The van der Waals surface area contributed by atoms with E-state index in [0.29, 0.717) is 5.69 Å². The predicted molar refractivity (Wildman–Crippen MR) is 90.1 cm³/mol. The topological polar surface area (TPSA) is 90.5 Å². The van der Waals surface area contributed by atoms with Crippen molar-refractivity contribution < 1.29 is 18.0 Å².